The van der Waals surface area contributed by atoms with Crippen molar-refractivity contribution in [3.05, 3.63) is 62.5 Å². The molecule has 5 atom stereocenters. The monoisotopic (exact) mass is 693 g/mol. The third-order valence-corrected chi connectivity index (χ3v) is 10.0. The zero-order valence-corrected chi connectivity index (χ0v) is 25.0. The van der Waals surface area contributed by atoms with Gasteiger partial charge in [0.25, 0.3) is 5.69 Å². The van der Waals surface area contributed by atoms with E-state index in [9.17, 15) is 38.4 Å². The number of phosphoric ester groups is 1. The van der Waals surface area contributed by atoms with Crippen molar-refractivity contribution in [1.29, 1.82) is 0 Å². The maximum Gasteiger partial charge on any atom is 0.490 e. The molecular weight excluding hydrogens is 671 g/mol. The average Bonchev–Trinajstić information content (AvgIpc) is 3.53. The number of ether oxygens (including phenoxy) is 1. The molecule has 26 heteroatoms. The molecule has 0 spiro atoms. The van der Waals surface area contributed by atoms with Gasteiger partial charge in [0.2, 0.25) is 0 Å². The van der Waals surface area contributed by atoms with Gasteiger partial charge in [0.05, 0.1) is 30.5 Å². The third-order valence-electron chi connectivity index (χ3n) is 6.23. The summed E-state index contributed by atoms with van der Waals surface area (Å²) in [5, 5.41) is 14.8. The van der Waals surface area contributed by atoms with Crippen LogP contribution >= 0.6 is 23.5 Å². The number of nitrogens with zero attached hydrogens (tertiary/aromatic N) is 8. The van der Waals surface area contributed by atoms with Crippen LogP contribution in [0.25, 0.3) is 21.6 Å². The topological polar surface area (TPSA) is 348 Å². The van der Waals surface area contributed by atoms with Crippen LogP contribution < -0.4 is 5.73 Å². The smallest absolute Gasteiger partial charge is 0.382 e. The Balaban J connectivity index is 1.62. The molecule has 1 aliphatic heterocycles. The Morgan fingerprint density at radius 3 is 2.60 bits per heavy atom. The molecular formula is C19H22N9O14P3. The number of hydrogen-bond acceptors (Lipinski definition) is 15. The van der Waals surface area contributed by atoms with Crippen molar-refractivity contribution in [2.75, 3.05) is 12.3 Å². The number of rotatable bonds is 14. The van der Waals surface area contributed by atoms with Crippen LogP contribution in [0.2, 0.25) is 0 Å². The minimum atomic E-state index is -5.81. The van der Waals surface area contributed by atoms with Gasteiger partial charge >= 0.3 is 23.5 Å². The number of ketones is 1. The van der Waals surface area contributed by atoms with Crippen molar-refractivity contribution in [2.45, 2.75) is 31.7 Å². The van der Waals surface area contributed by atoms with Gasteiger partial charge in [-0.2, -0.15) is 8.62 Å². The van der Waals surface area contributed by atoms with Crippen LogP contribution in [0.1, 0.15) is 35.0 Å². The van der Waals surface area contributed by atoms with Crippen LogP contribution in [0.3, 0.4) is 0 Å². The number of hydrogen-bond donors (Lipinski definition) is 5. The second-order valence-corrected chi connectivity index (χ2v) is 13.6. The van der Waals surface area contributed by atoms with E-state index in [2.05, 4.69) is 33.6 Å². The molecule has 23 nitrogen and oxygen atoms in total. The minimum absolute atomic E-state index is 0.00780. The largest absolute Gasteiger partial charge is 0.490 e. The van der Waals surface area contributed by atoms with E-state index in [0.717, 1.165) is 18.5 Å². The number of fused-ring (bicyclic) bond motifs is 1. The van der Waals surface area contributed by atoms with E-state index in [1.54, 1.807) is 0 Å². The van der Waals surface area contributed by atoms with Gasteiger partial charge in [0, 0.05) is 29.0 Å². The van der Waals surface area contributed by atoms with Gasteiger partial charge in [-0.15, -0.1) is 0 Å². The highest BCUT2D eigenvalue weighted by Gasteiger charge is 2.44. The minimum Gasteiger partial charge on any atom is -0.382 e. The van der Waals surface area contributed by atoms with E-state index in [1.807, 2.05) is 0 Å². The van der Waals surface area contributed by atoms with E-state index < -0.39 is 71.1 Å². The average molecular weight is 693 g/mol. The Kier molecular flexibility index (Phi) is 10.1. The lowest BCUT2D eigenvalue weighted by atomic mass is 9.90. The first kappa shape index (κ1) is 34.2. The number of imidazole rings is 1. The van der Waals surface area contributed by atoms with Crippen molar-refractivity contribution in [1.82, 2.24) is 19.5 Å². The highest BCUT2D eigenvalue weighted by molar-refractivity contribution is 7.66. The summed E-state index contributed by atoms with van der Waals surface area (Å²) in [6, 6.07) is 3.38. The molecule has 3 aromatic rings. The first-order chi connectivity index (χ1) is 21.0. The summed E-state index contributed by atoms with van der Waals surface area (Å²) in [7, 11) is -17.0. The van der Waals surface area contributed by atoms with Crippen LogP contribution in [0.5, 0.6) is 0 Å². The second-order valence-electron chi connectivity index (χ2n) is 9.21. The molecule has 0 bridgehead atoms. The number of carbonyl (C=O) groups is 1. The maximum atomic E-state index is 13.5. The maximum absolute atomic E-state index is 13.5. The lowest BCUT2D eigenvalue weighted by Crippen LogP contribution is -2.25. The van der Waals surface area contributed by atoms with Crippen molar-refractivity contribution in [3.63, 3.8) is 0 Å². The molecule has 2 aromatic heterocycles. The van der Waals surface area contributed by atoms with Gasteiger partial charge in [0.15, 0.2) is 17.2 Å². The normalized spacial score (nSPS) is 21.1. The lowest BCUT2D eigenvalue weighted by molar-refractivity contribution is -0.384. The van der Waals surface area contributed by atoms with Crippen LogP contribution in [0, 0.1) is 16.0 Å². The molecule has 0 radical (unpaired) electrons. The van der Waals surface area contributed by atoms with E-state index in [4.69, 9.17) is 30.3 Å². The number of nitrogens with two attached hydrogens (primary N) is 1. The second kappa shape index (κ2) is 13.4. The molecule has 0 saturated carbocycles. The highest BCUT2D eigenvalue weighted by Crippen LogP contribution is 2.66. The number of Topliss-reactive ketones (excluding diaryl/α,β-unsaturated/α-hetero) is 1. The van der Waals surface area contributed by atoms with Gasteiger partial charge in [-0.1, -0.05) is 11.2 Å². The molecule has 3 unspecified atom stereocenters. The zero-order chi connectivity index (χ0) is 33.2. The predicted octanol–water partition coefficient (Wildman–Crippen LogP) is 2.65. The molecule has 1 saturated heterocycles. The van der Waals surface area contributed by atoms with Crippen molar-refractivity contribution >= 4 is 51.9 Å². The van der Waals surface area contributed by atoms with Crippen LogP contribution in [-0.4, -0.2) is 62.5 Å². The van der Waals surface area contributed by atoms with Gasteiger partial charge in [-0.3, -0.25) is 24.0 Å². The Bertz CT molecular complexity index is 1830. The standard InChI is InChI=1S/C19H22N9O14P3/c20-18-17-19(23-8-22-18)27(9-24-17)16-4-11(3-14(29)13-5-12(28(30)31)2-1-10(13)6-25-26-21)15(40-16)7-39-44(35,36)42-45(37,38)41-43(32,33)34/h1-2,5,8-9,11,15-16H,3-4,6-7H2,(H,35,36)(H,37,38)(H2,20,22,23)(H2,32,33,34)/t11?,15-,16-/m1/s1. The molecule has 4 rings (SSSR count). The number of phosphoric acid groups is 3. The molecule has 242 valence electrons. The highest BCUT2D eigenvalue weighted by atomic mass is 31.3. The molecule has 0 aliphatic carbocycles. The zero-order valence-electron chi connectivity index (χ0n) is 22.3. The number of nitro groups is 1. The number of azide groups is 1. The van der Waals surface area contributed by atoms with Crippen molar-refractivity contribution < 1.29 is 60.9 Å². The Labute approximate surface area is 250 Å². The SMILES string of the molecule is [N-]=[N+]=NCc1ccc([N+](=O)[O-])cc1C(=O)CC1C[C@H](n2cnc3c(N)ncnc32)O[C@@H]1COP(=O)(O)OP(=O)(O)OP(=O)(O)O. The molecule has 45 heavy (non-hydrogen) atoms. The van der Waals surface area contributed by atoms with Gasteiger partial charge in [-0.25, -0.2) is 28.6 Å². The number of benzene rings is 1. The van der Waals surface area contributed by atoms with Crippen LogP contribution in [0.4, 0.5) is 11.5 Å². The van der Waals surface area contributed by atoms with Crippen LogP contribution in [-0.2, 0) is 38.1 Å². The number of non-ortho nitro benzene ring substituents is 1. The van der Waals surface area contributed by atoms with E-state index in [-0.39, 0.29) is 41.1 Å². The van der Waals surface area contributed by atoms with E-state index in [0.29, 0.717) is 0 Å². The third kappa shape index (κ3) is 8.74. The fourth-order valence-electron chi connectivity index (χ4n) is 4.43. The molecule has 1 aliphatic rings. The Morgan fingerprint density at radius 2 is 1.93 bits per heavy atom. The predicted molar refractivity (Wildman–Crippen MR) is 146 cm³/mol. The number of nitrogen functional groups attached to an aromatic ring is 1. The van der Waals surface area contributed by atoms with Gasteiger partial charge < -0.3 is 30.0 Å². The van der Waals surface area contributed by atoms with E-state index >= 15 is 0 Å². The Morgan fingerprint density at radius 1 is 1.20 bits per heavy atom. The summed E-state index contributed by atoms with van der Waals surface area (Å²) in [5.74, 6) is -1.50. The number of anilines is 1. The first-order valence-electron chi connectivity index (χ1n) is 12.2. The molecule has 3 heterocycles. The summed E-state index contributed by atoms with van der Waals surface area (Å²) in [6.07, 6.45) is -0.153. The summed E-state index contributed by atoms with van der Waals surface area (Å²) in [5.41, 5.74) is 14.6. The van der Waals surface area contributed by atoms with Gasteiger partial charge in [0.1, 0.15) is 18.1 Å². The summed E-state index contributed by atoms with van der Waals surface area (Å²) in [6.45, 7) is -1.20. The van der Waals surface area contributed by atoms with E-state index in [1.165, 1.54) is 17.0 Å². The summed E-state index contributed by atoms with van der Waals surface area (Å²) in [4.78, 5) is 75.6. The summed E-state index contributed by atoms with van der Waals surface area (Å²) >= 11 is 0. The molecule has 0 amide bonds. The fraction of sp³-hybridized carbons (Fsp3) is 0.368. The lowest BCUT2D eigenvalue weighted by Gasteiger charge is -2.21. The first-order valence-corrected chi connectivity index (χ1v) is 16.7. The molecule has 1 fully saturated rings. The number of aromatic nitrogens is 4. The number of nitro benzene ring substituents is 1. The quantitative estimate of drug-likeness (QED) is 0.0308. The van der Waals surface area contributed by atoms with Crippen molar-refractivity contribution in [2.24, 2.45) is 11.0 Å². The fourth-order valence-corrected chi connectivity index (χ4v) is 7.46. The van der Waals surface area contributed by atoms with Crippen molar-refractivity contribution in [3.8, 4) is 0 Å². The summed E-state index contributed by atoms with van der Waals surface area (Å²) < 4.78 is 54.6. The van der Waals surface area contributed by atoms with Crippen LogP contribution in [0.15, 0.2) is 36.0 Å². The van der Waals surface area contributed by atoms with Gasteiger partial charge in [-0.05, 0) is 23.4 Å². The Hall–Kier alpha value is -3.68. The molecule has 1 aromatic carbocycles. The number of carbonyl (C=O) groups excluding carboxylic acids is 1. The molecule has 6 N–H and O–H groups in total.